The van der Waals surface area contributed by atoms with Crippen LogP contribution in [0.15, 0.2) is 12.3 Å². The second-order valence-electron chi connectivity index (χ2n) is 9.98. The molecule has 0 aromatic carbocycles. The van der Waals surface area contributed by atoms with E-state index in [9.17, 15) is 26.4 Å². The van der Waals surface area contributed by atoms with Gasteiger partial charge in [-0.2, -0.15) is 17.5 Å². The third-order valence-electron chi connectivity index (χ3n) is 8.27. The Bertz CT molecular complexity index is 1070. The lowest BCUT2D eigenvalue weighted by Gasteiger charge is -2.45. The van der Waals surface area contributed by atoms with Crippen LogP contribution in [-0.4, -0.2) is 61.5 Å². The van der Waals surface area contributed by atoms with Gasteiger partial charge in [0.05, 0.1) is 17.4 Å². The molecule has 2 saturated carbocycles. The summed E-state index contributed by atoms with van der Waals surface area (Å²) in [5.74, 6) is 0.468. The van der Waals surface area contributed by atoms with Gasteiger partial charge in [0.15, 0.2) is 11.6 Å². The van der Waals surface area contributed by atoms with Crippen LogP contribution in [0.3, 0.4) is 0 Å². The number of ether oxygens (including phenoxy) is 1. The zero-order valence-corrected chi connectivity index (χ0v) is 18.8. The van der Waals surface area contributed by atoms with Gasteiger partial charge in [-0.15, -0.1) is 0 Å². The number of carbonyl (C=O) groups excluding carboxylic acids is 1. The highest BCUT2D eigenvalue weighted by molar-refractivity contribution is 7.89. The number of piperazine rings is 1. The maximum atomic E-state index is 13.4. The van der Waals surface area contributed by atoms with Crippen LogP contribution in [0.5, 0.6) is 5.75 Å². The summed E-state index contributed by atoms with van der Waals surface area (Å²) in [6.07, 6.45) is -1.81. The first kappa shape index (κ1) is 21.9. The molecule has 176 valence electrons. The van der Waals surface area contributed by atoms with Crippen LogP contribution in [-0.2, 0) is 21.0 Å². The molecule has 7 nitrogen and oxygen atoms in total. The highest BCUT2D eigenvalue weighted by atomic mass is 32.2. The van der Waals surface area contributed by atoms with E-state index < -0.39 is 27.2 Å². The van der Waals surface area contributed by atoms with Crippen LogP contribution in [0, 0.1) is 16.7 Å². The van der Waals surface area contributed by atoms with E-state index in [1.54, 1.807) is 0 Å². The summed E-state index contributed by atoms with van der Waals surface area (Å²) in [5, 5.41) is 0. The van der Waals surface area contributed by atoms with Gasteiger partial charge in [-0.3, -0.25) is 4.79 Å². The zero-order chi connectivity index (χ0) is 23.1. The molecule has 5 rings (SSSR count). The largest absolute Gasteiger partial charge is 0.487 e. The highest BCUT2D eigenvalue weighted by Crippen LogP contribution is 2.64. The number of anilines is 1. The third-order valence-corrected chi connectivity index (χ3v) is 10.2. The number of hydrogen-bond acceptors (Lipinski definition) is 6. The van der Waals surface area contributed by atoms with Gasteiger partial charge in [-0.05, 0) is 30.2 Å². The summed E-state index contributed by atoms with van der Waals surface area (Å²) in [7, 11) is -3.71. The lowest BCUT2D eigenvalue weighted by Crippen LogP contribution is -2.60. The molecule has 0 N–H and O–H groups in total. The van der Waals surface area contributed by atoms with Crippen LogP contribution < -0.4 is 9.64 Å². The minimum atomic E-state index is -4.51. The molecule has 3 heterocycles. The first-order valence-corrected chi connectivity index (χ1v) is 12.4. The van der Waals surface area contributed by atoms with Crippen molar-refractivity contribution in [2.75, 3.05) is 36.9 Å². The number of ketones is 1. The molecule has 3 atom stereocenters. The van der Waals surface area contributed by atoms with Gasteiger partial charge in [0.2, 0.25) is 10.0 Å². The van der Waals surface area contributed by atoms with E-state index in [1.807, 2.05) is 18.7 Å². The van der Waals surface area contributed by atoms with Crippen LogP contribution in [0.25, 0.3) is 0 Å². The van der Waals surface area contributed by atoms with Crippen molar-refractivity contribution in [3.63, 3.8) is 0 Å². The fourth-order valence-corrected chi connectivity index (χ4v) is 8.35. The van der Waals surface area contributed by atoms with E-state index in [2.05, 4.69) is 4.98 Å². The second-order valence-corrected chi connectivity index (χ2v) is 12.0. The molecular formula is C21H26F3N3O4S. The summed E-state index contributed by atoms with van der Waals surface area (Å²) in [6.45, 7) is 4.73. The van der Waals surface area contributed by atoms with Crippen molar-refractivity contribution in [1.82, 2.24) is 9.29 Å². The molecule has 0 spiro atoms. The van der Waals surface area contributed by atoms with Crippen LogP contribution in [0.4, 0.5) is 19.0 Å². The Kier molecular flexibility index (Phi) is 4.67. The standard InChI is InChI=1S/C21H26F3N3O4S/c1-19(2)13-3-4-20(19,17(28)8-13)12-32(29,30)26-5-6-27-15(10-26)11-31-16-7-14(21(22,23)24)9-25-18(16)27/h7,9,13,15H,3-6,8,10-12H2,1-2H3/t13-,15?,20-/m1/s1. The summed E-state index contributed by atoms with van der Waals surface area (Å²) in [5.41, 5.74) is -2.06. The Balaban J connectivity index is 1.35. The number of fused-ring (bicyclic) bond motifs is 5. The fourth-order valence-electron chi connectivity index (χ4n) is 6.11. The Morgan fingerprint density at radius 1 is 1.28 bits per heavy atom. The molecule has 0 radical (unpaired) electrons. The van der Waals surface area contributed by atoms with Crippen molar-refractivity contribution in [3.8, 4) is 5.75 Å². The number of halogens is 3. The topological polar surface area (TPSA) is 79.8 Å². The van der Waals surface area contributed by atoms with E-state index in [0.717, 1.165) is 18.7 Å². The number of hydrogen-bond donors (Lipinski definition) is 0. The number of Topliss-reactive ketones (excluding diaryl/α,β-unsaturated/α-hetero) is 1. The van der Waals surface area contributed by atoms with E-state index in [-0.39, 0.29) is 54.4 Å². The Labute approximate surface area is 185 Å². The predicted molar refractivity (Wildman–Crippen MR) is 110 cm³/mol. The SMILES string of the molecule is CC1(C)[C@@H]2CC[C@@]1(CS(=O)(=O)N1CCN3c4ncc(C(F)(F)F)cc4OCC3C1)C(=O)C2. The van der Waals surface area contributed by atoms with Crippen molar-refractivity contribution in [1.29, 1.82) is 0 Å². The molecule has 0 amide bonds. The fraction of sp³-hybridized carbons (Fsp3) is 0.714. The summed E-state index contributed by atoms with van der Waals surface area (Å²) in [4.78, 5) is 18.6. The molecule has 4 aliphatic rings. The highest BCUT2D eigenvalue weighted by Gasteiger charge is 2.65. The van der Waals surface area contributed by atoms with Gasteiger partial charge in [0.25, 0.3) is 0 Å². The molecule has 2 aliphatic heterocycles. The number of rotatable bonds is 3. The summed E-state index contributed by atoms with van der Waals surface area (Å²) < 4.78 is 72.7. The zero-order valence-electron chi connectivity index (χ0n) is 18.0. The van der Waals surface area contributed by atoms with Gasteiger partial charge in [-0.1, -0.05) is 13.8 Å². The Hall–Kier alpha value is -1.88. The minimum Gasteiger partial charge on any atom is -0.487 e. The van der Waals surface area contributed by atoms with Crippen LogP contribution in [0.2, 0.25) is 0 Å². The van der Waals surface area contributed by atoms with Crippen LogP contribution >= 0.6 is 0 Å². The van der Waals surface area contributed by atoms with Gasteiger partial charge in [0, 0.05) is 37.7 Å². The van der Waals surface area contributed by atoms with E-state index in [4.69, 9.17) is 4.74 Å². The van der Waals surface area contributed by atoms with E-state index in [1.165, 1.54) is 4.31 Å². The Morgan fingerprint density at radius 3 is 2.66 bits per heavy atom. The first-order valence-electron chi connectivity index (χ1n) is 10.8. The van der Waals surface area contributed by atoms with Crippen molar-refractivity contribution >= 4 is 21.6 Å². The van der Waals surface area contributed by atoms with Crippen molar-refractivity contribution < 1.29 is 31.1 Å². The molecule has 32 heavy (non-hydrogen) atoms. The molecule has 1 aromatic rings. The Morgan fingerprint density at radius 2 is 2.03 bits per heavy atom. The maximum Gasteiger partial charge on any atom is 0.418 e. The monoisotopic (exact) mass is 473 g/mol. The molecule has 11 heteroatoms. The number of nitrogens with zero attached hydrogens (tertiary/aromatic N) is 3. The molecule has 2 aliphatic carbocycles. The molecule has 1 saturated heterocycles. The van der Waals surface area contributed by atoms with Crippen molar-refractivity contribution in [2.24, 2.45) is 16.7 Å². The quantitative estimate of drug-likeness (QED) is 0.672. The lowest BCUT2D eigenvalue weighted by molar-refractivity contribution is -0.138. The van der Waals surface area contributed by atoms with Gasteiger partial charge in [-0.25, -0.2) is 13.4 Å². The normalized spacial score (nSPS) is 31.9. The van der Waals surface area contributed by atoms with Crippen molar-refractivity contribution in [3.05, 3.63) is 17.8 Å². The summed E-state index contributed by atoms with van der Waals surface area (Å²) >= 11 is 0. The number of alkyl halides is 3. The third kappa shape index (κ3) is 3.07. The van der Waals surface area contributed by atoms with E-state index in [0.29, 0.717) is 25.2 Å². The smallest absolute Gasteiger partial charge is 0.418 e. The summed E-state index contributed by atoms with van der Waals surface area (Å²) in [6, 6.07) is 0.585. The average molecular weight is 474 g/mol. The molecule has 1 unspecified atom stereocenters. The first-order chi connectivity index (χ1) is 14.8. The minimum absolute atomic E-state index is 0.0561. The second kappa shape index (κ2) is 6.82. The average Bonchev–Trinajstić information content (AvgIpc) is 3.06. The van der Waals surface area contributed by atoms with E-state index >= 15 is 0 Å². The number of aromatic nitrogens is 1. The molecule has 1 aromatic heterocycles. The van der Waals surface area contributed by atoms with Gasteiger partial charge < -0.3 is 9.64 Å². The number of sulfonamides is 1. The van der Waals surface area contributed by atoms with Crippen molar-refractivity contribution in [2.45, 2.75) is 45.3 Å². The maximum absolute atomic E-state index is 13.4. The van der Waals surface area contributed by atoms with Gasteiger partial charge in [0.1, 0.15) is 12.4 Å². The molecule has 3 fully saturated rings. The number of carbonyl (C=O) groups is 1. The lowest BCUT2D eigenvalue weighted by atomic mass is 9.70. The van der Waals surface area contributed by atoms with Gasteiger partial charge >= 0.3 is 6.18 Å². The molecule has 2 bridgehead atoms. The van der Waals surface area contributed by atoms with Crippen LogP contribution in [0.1, 0.15) is 38.7 Å². The molecular weight excluding hydrogens is 447 g/mol. The predicted octanol–water partition coefficient (Wildman–Crippen LogP) is 2.71. The number of pyridine rings is 1.